The summed E-state index contributed by atoms with van der Waals surface area (Å²) in [4.78, 5) is 0. The Bertz CT molecular complexity index is 144. The standard InChI is InChI=1S/C12H22/c1-5-6-7-8-9-10-11-12(2,3)4/h8-11H,5-7H2,1-4H3/b9-8-,11-10-. The van der Waals surface area contributed by atoms with Crippen LogP contribution in [0.4, 0.5) is 0 Å². The summed E-state index contributed by atoms with van der Waals surface area (Å²) in [6.07, 6.45) is 12.6. The highest BCUT2D eigenvalue weighted by molar-refractivity contribution is 5.05. The first-order valence-electron chi connectivity index (χ1n) is 4.90. The van der Waals surface area contributed by atoms with Gasteiger partial charge in [-0.2, -0.15) is 0 Å². The van der Waals surface area contributed by atoms with E-state index in [0.29, 0.717) is 5.41 Å². The summed E-state index contributed by atoms with van der Waals surface area (Å²) in [7, 11) is 0. The number of hydrogen-bond acceptors (Lipinski definition) is 0. The van der Waals surface area contributed by atoms with Crippen molar-refractivity contribution in [2.45, 2.75) is 47.0 Å². The summed E-state index contributed by atoms with van der Waals surface area (Å²) in [5.41, 5.74) is 0.315. The third-order valence-electron chi connectivity index (χ3n) is 1.57. The quantitative estimate of drug-likeness (QED) is 0.430. The van der Waals surface area contributed by atoms with Gasteiger partial charge in [0.15, 0.2) is 0 Å². The lowest BCUT2D eigenvalue weighted by Gasteiger charge is -2.09. The average Bonchev–Trinajstić information content (AvgIpc) is 1.94. The van der Waals surface area contributed by atoms with Gasteiger partial charge in [0.1, 0.15) is 0 Å². The normalized spacial score (nSPS) is 13.3. The first kappa shape index (κ1) is 11.5. The largest absolute Gasteiger partial charge is 0.0845 e. The SMILES string of the molecule is CCCC/C=C\C=C/C(C)(C)C. The second-order valence-corrected chi connectivity index (χ2v) is 4.30. The molecular weight excluding hydrogens is 144 g/mol. The van der Waals surface area contributed by atoms with Crippen LogP contribution in [0.2, 0.25) is 0 Å². The molecule has 0 amide bonds. The van der Waals surface area contributed by atoms with Gasteiger partial charge in [0, 0.05) is 0 Å². The summed E-state index contributed by atoms with van der Waals surface area (Å²) < 4.78 is 0. The van der Waals surface area contributed by atoms with E-state index in [4.69, 9.17) is 0 Å². The Balaban J connectivity index is 3.53. The lowest BCUT2D eigenvalue weighted by atomic mass is 9.96. The minimum absolute atomic E-state index is 0.315. The summed E-state index contributed by atoms with van der Waals surface area (Å²) in [5.74, 6) is 0. The van der Waals surface area contributed by atoms with E-state index in [1.807, 2.05) is 0 Å². The fourth-order valence-electron chi connectivity index (χ4n) is 0.841. The van der Waals surface area contributed by atoms with Gasteiger partial charge in [-0.1, -0.05) is 64.8 Å². The fourth-order valence-corrected chi connectivity index (χ4v) is 0.841. The molecule has 0 spiro atoms. The van der Waals surface area contributed by atoms with Gasteiger partial charge in [0.2, 0.25) is 0 Å². The third-order valence-corrected chi connectivity index (χ3v) is 1.57. The van der Waals surface area contributed by atoms with Crippen molar-refractivity contribution >= 4 is 0 Å². The van der Waals surface area contributed by atoms with Gasteiger partial charge in [-0.3, -0.25) is 0 Å². The molecule has 0 atom stereocenters. The summed E-state index contributed by atoms with van der Waals surface area (Å²) in [5, 5.41) is 0. The van der Waals surface area contributed by atoms with Crippen LogP contribution in [0.25, 0.3) is 0 Å². The van der Waals surface area contributed by atoms with Gasteiger partial charge in [-0.25, -0.2) is 0 Å². The predicted molar refractivity (Wildman–Crippen MR) is 57.3 cm³/mol. The van der Waals surface area contributed by atoms with Crippen LogP contribution in [0.1, 0.15) is 47.0 Å². The molecule has 0 aliphatic heterocycles. The number of unbranched alkanes of at least 4 members (excludes halogenated alkanes) is 2. The van der Waals surface area contributed by atoms with Crippen molar-refractivity contribution in [3.8, 4) is 0 Å². The Morgan fingerprint density at radius 1 is 1.08 bits per heavy atom. The molecule has 0 rings (SSSR count). The van der Waals surface area contributed by atoms with Crippen LogP contribution in [-0.4, -0.2) is 0 Å². The number of rotatable bonds is 4. The first-order valence-corrected chi connectivity index (χ1v) is 4.90. The maximum Gasteiger partial charge on any atom is -0.0200 e. The van der Waals surface area contributed by atoms with Crippen LogP contribution < -0.4 is 0 Å². The molecule has 0 saturated heterocycles. The van der Waals surface area contributed by atoms with Gasteiger partial charge < -0.3 is 0 Å². The molecular formula is C12H22. The molecule has 0 aromatic carbocycles. The van der Waals surface area contributed by atoms with Crippen molar-refractivity contribution < 1.29 is 0 Å². The van der Waals surface area contributed by atoms with Crippen molar-refractivity contribution in [3.05, 3.63) is 24.3 Å². The van der Waals surface area contributed by atoms with E-state index in [1.165, 1.54) is 19.3 Å². The number of hydrogen-bond donors (Lipinski definition) is 0. The predicted octanol–water partition coefficient (Wildman–Crippen LogP) is 4.34. The first-order chi connectivity index (χ1) is 5.56. The maximum absolute atomic E-state index is 2.24. The Labute approximate surface area is 77.4 Å². The summed E-state index contributed by atoms with van der Waals surface area (Å²) >= 11 is 0. The summed E-state index contributed by atoms with van der Waals surface area (Å²) in [6, 6.07) is 0. The van der Waals surface area contributed by atoms with Crippen molar-refractivity contribution in [2.24, 2.45) is 5.41 Å². The molecule has 0 aliphatic rings. The number of allylic oxidation sites excluding steroid dienone is 4. The molecule has 0 radical (unpaired) electrons. The van der Waals surface area contributed by atoms with Crippen LogP contribution in [0, 0.1) is 5.41 Å². The Morgan fingerprint density at radius 2 is 1.75 bits per heavy atom. The van der Waals surface area contributed by atoms with Crippen molar-refractivity contribution in [1.29, 1.82) is 0 Å². The summed E-state index contributed by atoms with van der Waals surface area (Å²) in [6.45, 7) is 8.86. The monoisotopic (exact) mass is 166 g/mol. The molecule has 0 fully saturated rings. The smallest absolute Gasteiger partial charge is 0.0200 e. The zero-order valence-electron chi connectivity index (χ0n) is 8.93. The van der Waals surface area contributed by atoms with Crippen LogP contribution in [0.15, 0.2) is 24.3 Å². The van der Waals surface area contributed by atoms with E-state index < -0.39 is 0 Å². The zero-order chi connectivity index (χ0) is 9.45. The lowest BCUT2D eigenvalue weighted by Crippen LogP contribution is -1.97. The van der Waals surface area contributed by atoms with Gasteiger partial charge in [0.25, 0.3) is 0 Å². The van der Waals surface area contributed by atoms with E-state index in [1.54, 1.807) is 0 Å². The molecule has 0 aliphatic carbocycles. The third kappa shape index (κ3) is 9.48. The minimum atomic E-state index is 0.315. The average molecular weight is 166 g/mol. The van der Waals surface area contributed by atoms with Crippen molar-refractivity contribution in [2.75, 3.05) is 0 Å². The molecule has 0 aromatic rings. The Kier molecular flexibility index (Phi) is 5.79. The molecule has 0 heteroatoms. The van der Waals surface area contributed by atoms with Crippen molar-refractivity contribution in [3.63, 3.8) is 0 Å². The second-order valence-electron chi connectivity index (χ2n) is 4.30. The van der Waals surface area contributed by atoms with Gasteiger partial charge >= 0.3 is 0 Å². The van der Waals surface area contributed by atoms with E-state index in [0.717, 1.165) is 0 Å². The highest BCUT2D eigenvalue weighted by Crippen LogP contribution is 2.14. The maximum atomic E-state index is 2.24. The zero-order valence-corrected chi connectivity index (χ0v) is 8.93. The molecule has 0 heterocycles. The van der Waals surface area contributed by atoms with Crippen LogP contribution in [-0.2, 0) is 0 Å². The van der Waals surface area contributed by atoms with Gasteiger partial charge in [0.05, 0.1) is 0 Å². The molecule has 0 nitrogen and oxygen atoms in total. The Hall–Kier alpha value is -0.520. The minimum Gasteiger partial charge on any atom is -0.0845 e. The van der Waals surface area contributed by atoms with E-state index in [9.17, 15) is 0 Å². The second kappa shape index (κ2) is 6.05. The molecule has 70 valence electrons. The van der Waals surface area contributed by atoms with Crippen LogP contribution in [0.3, 0.4) is 0 Å². The molecule has 0 saturated carbocycles. The molecule has 12 heavy (non-hydrogen) atoms. The molecule has 0 aromatic heterocycles. The molecule has 0 unspecified atom stereocenters. The molecule has 0 bridgehead atoms. The fraction of sp³-hybridized carbons (Fsp3) is 0.667. The lowest BCUT2D eigenvalue weighted by molar-refractivity contribution is 0.544. The van der Waals surface area contributed by atoms with Gasteiger partial charge in [-0.15, -0.1) is 0 Å². The van der Waals surface area contributed by atoms with E-state index >= 15 is 0 Å². The van der Waals surface area contributed by atoms with Gasteiger partial charge in [-0.05, 0) is 11.8 Å². The molecule has 0 N–H and O–H groups in total. The van der Waals surface area contributed by atoms with Crippen LogP contribution >= 0.6 is 0 Å². The van der Waals surface area contributed by atoms with Crippen molar-refractivity contribution in [1.82, 2.24) is 0 Å². The van der Waals surface area contributed by atoms with E-state index in [-0.39, 0.29) is 0 Å². The highest BCUT2D eigenvalue weighted by Gasteiger charge is 2.01. The van der Waals surface area contributed by atoms with E-state index in [2.05, 4.69) is 52.0 Å². The van der Waals surface area contributed by atoms with Crippen LogP contribution in [0.5, 0.6) is 0 Å². The highest BCUT2D eigenvalue weighted by atomic mass is 14.1. The Morgan fingerprint density at radius 3 is 2.25 bits per heavy atom. The topological polar surface area (TPSA) is 0 Å².